The number of benzene rings is 1. The lowest BCUT2D eigenvalue weighted by molar-refractivity contribution is 0.0740. The summed E-state index contributed by atoms with van der Waals surface area (Å²) < 4.78 is 0. The molecule has 0 aliphatic carbocycles. The third kappa shape index (κ3) is 4.48. The minimum atomic E-state index is -0.0737. The second kappa shape index (κ2) is 8.64. The maximum absolute atomic E-state index is 12.9. The normalized spacial score (nSPS) is 14.0. The van der Waals surface area contributed by atoms with Crippen molar-refractivity contribution in [3.63, 3.8) is 0 Å². The summed E-state index contributed by atoms with van der Waals surface area (Å²) in [6, 6.07) is 13.7. The maximum atomic E-state index is 12.9. The molecule has 0 unspecified atom stereocenters. The van der Waals surface area contributed by atoms with Crippen LogP contribution in [0.1, 0.15) is 16.1 Å². The van der Waals surface area contributed by atoms with Crippen molar-refractivity contribution in [2.24, 2.45) is 0 Å². The Labute approximate surface area is 169 Å². The predicted octanol–water partition coefficient (Wildman–Crippen LogP) is 1.87. The first-order chi connectivity index (χ1) is 14.2. The first-order valence-electron chi connectivity index (χ1n) is 9.59. The van der Waals surface area contributed by atoms with Crippen LogP contribution in [-0.2, 0) is 6.54 Å². The summed E-state index contributed by atoms with van der Waals surface area (Å²) in [6.45, 7) is 3.32. The van der Waals surface area contributed by atoms with Crippen LogP contribution in [0.2, 0.25) is 0 Å². The van der Waals surface area contributed by atoms with Crippen LogP contribution in [0.25, 0.3) is 0 Å². The number of nitrogens with zero attached hydrogens (tertiary/aromatic N) is 7. The lowest BCUT2D eigenvalue weighted by atomic mass is 10.2. The topological polar surface area (TPSA) is 78.4 Å². The Kier molecular flexibility index (Phi) is 5.60. The first-order valence-corrected chi connectivity index (χ1v) is 9.59. The maximum Gasteiger partial charge on any atom is 0.272 e. The highest BCUT2D eigenvalue weighted by Gasteiger charge is 2.24. The summed E-state index contributed by atoms with van der Waals surface area (Å²) in [7, 11) is 1.96. The van der Waals surface area contributed by atoms with Crippen LogP contribution in [0.4, 0.5) is 11.8 Å². The van der Waals surface area contributed by atoms with E-state index in [1.807, 2.05) is 35.0 Å². The third-order valence-corrected chi connectivity index (χ3v) is 4.93. The molecule has 1 amide bonds. The Morgan fingerprint density at radius 3 is 2.41 bits per heavy atom. The zero-order chi connectivity index (χ0) is 20.1. The third-order valence-electron chi connectivity index (χ3n) is 4.93. The molecule has 0 radical (unpaired) electrons. The summed E-state index contributed by atoms with van der Waals surface area (Å²) in [5, 5.41) is 0. The number of amides is 1. The van der Waals surface area contributed by atoms with E-state index >= 15 is 0 Å². The number of carbonyl (C=O) groups is 1. The zero-order valence-electron chi connectivity index (χ0n) is 16.3. The van der Waals surface area contributed by atoms with Gasteiger partial charge in [0.1, 0.15) is 17.8 Å². The molecule has 1 saturated heterocycles. The Hall–Kier alpha value is -3.55. The van der Waals surface area contributed by atoms with Crippen molar-refractivity contribution >= 4 is 17.7 Å². The Balaban J connectivity index is 1.40. The Bertz CT molecular complexity index is 944. The van der Waals surface area contributed by atoms with Gasteiger partial charge in [0.2, 0.25) is 5.95 Å². The second-order valence-corrected chi connectivity index (χ2v) is 6.93. The van der Waals surface area contributed by atoms with Crippen LogP contribution in [0.15, 0.2) is 61.2 Å². The number of hydrogen-bond donors (Lipinski definition) is 0. The van der Waals surface area contributed by atoms with Gasteiger partial charge >= 0.3 is 0 Å². The number of hydrogen-bond acceptors (Lipinski definition) is 7. The van der Waals surface area contributed by atoms with Gasteiger partial charge in [0, 0.05) is 58.2 Å². The van der Waals surface area contributed by atoms with Crippen LogP contribution < -0.4 is 9.80 Å². The molecule has 1 aliphatic heterocycles. The summed E-state index contributed by atoms with van der Waals surface area (Å²) in [6.07, 6.45) is 4.92. The van der Waals surface area contributed by atoms with Crippen molar-refractivity contribution in [1.82, 2.24) is 24.8 Å². The fourth-order valence-electron chi connectivity index (χ4n) is 3.34. The standard InChI is InChI=1S/C21H23N7O/c1-26(15-17-6-3-2-4-7-17)19-14-18(24-16-25-19)20(29)27-10-12-28(13-11-27)21-22-8-5-9-23-21/h2-9,14,16H,10-13,15H2,1H3. The summed E-state index contributed by atoms with van der Waals surface area (Å²) in [4.78, 5) is 36.0. The van der Waals surface area contributed by atoms with Gasteiger partial charge in [0.15, 0.2) is 0 Å². The average molecular weight is 389 g/mol. The second-order valence-electron chi connectivity index (χ2n) is 6.93. The largest absolute Gasteiger partial charge is 0.355 e. The first kappa shape index (κ1) is 18.8. The molecule has 0 bridgehead atoms. The van der Waals surface area contributed by atoms with Crippen molar-refractivity contribution < 1.29 is 4.79 Å². The highest BCUT2D eigenvalue weighted by atomic mass is 16.2. The van der Waals surface area contributed by atoms with E-state index in [0.717, 1.165) is 5.82 Å². The van der Waals surface area contributed by atoms with Gasteiger partial charge in [-0.3, -0.25) is 4.79 Å². The number of anilines is 2. The highest BCUT2D eigenvalue weighted by molar-refractivity contribution is 5.93. The molecule has 3 aromatic rings. The average Bonchev–Trinajstić information content (AvgIpc) is 2.80. The molecule has 0 atom stereocenters. The van der Waals surface area contributed by atoms with E-state index in [4.69, 9.17) is 0 Å². The lowest BCUT2D eigenvalue weighted by Gasteiger charge is -2.34. The van der Waals surface area contributed by atoms with Gasteiger partial charge in [0.25, 0.3) is 5.91 Å². The molecule has 3 heterocycles. The number of aromatic nitrogens is 4. The number of carbonyl (C=O) groups excluding carboxylic acids is 1. The molecular formula is C21H23N7O. The van der Waals surface area contributed by atoms with Crippen LogP contribution >= 0.6 is 0 Å². The van der Waals surface area contributed by atoms with Crippen molar-refractivity contribution in [2.75, 3.05) is 43.0 Å². The lowest BCUT2D eigenvalue weighted by Crippen LogP contribution is -2.49. The van der Waals surface area contributed by atoms with E-state index in [-0.39, 0.29) is 5.91 Å². The van der Waals surface area contributed by atoms with Crippen molar-refractivity contribution in [2.45, 2.75) is 6.54 Å². The molecule has 0 spiro atoms. The van der Waals surface area contributed by atoms with Crippen LogP contribution in [-0.4, -0.2) is 64.0 Å². The Morgan fingerprint density at radius 2 is 1.69 bits per heavy atom. The molecule has 148 valence electrons. The van der Waals surface area contributed by atoms with E-state index in [1.165, 1.54) is 11.9 Å². The van der Waals surface area contributed by atoms with Gasteiger partial charge in [-0.05, 0) is 11.6 Å². The summed E-state index contributed by atoms with van der Waals surface area (Å²) in [5.74, 6) is 1.35. The Morgan fingerprint density at radius 1 is 0.966 bits per heavy atom. The summed E-state index contributed by atoms with van der Waals surface area (Å²) >= 11 is 0. The van der Waals surface area contributed by atoms with Crippen molar-refractivity contribution in [1.29, 1.82) is 0 Å². The van der Waals surface area contributed by atoms with E-state index in [0.29, 0.717) is 44.4 Å². The van der Waals surface area contributed by atoms with Gasteiger partial charge in [-0.1, -0.05) is 30.3 Å². The predicted molar refractivity (Wildman–Crippen MR) is 111 cm³/mol. The molecule has 0 saturated carbocycles. The SMILES string of the molecule is CN(Cc1ccccc1)c1cc(C(=O)N2CCN(c3ncccn3)CC2)ncn1. The molecular weight excluding hydrogens is 366 g/mol. The van der Waals surface area contributed by atoms with Gasteiger partial charge in [-0.15, -0.1) is 0 Å². The molecule has 1 aliphatic rings. The molecule has 1 fully saturated rings. The van der Waals surface area contributed by atoms with E-state index < -0.39 is 0 Å². The monoisotopic (exact) mass is 389 g/mol. The van der Waals surface area contributed by atoms with Crippen molar-refractivity contribution in [3.05, 3.63) is 72.4 Å². The highest BCUT2D eigenvalue weighted by Crippen LogP contribution is 2.16. The minimum absolute atomic E-state index is 0.0737. The van der Waals surface area contributed by atoms with Crippen LogP contribution in [0.3, 0.4) is 0 Å². The molecule has 8 heteroatoms. The van der Waals surface area contributed by atoms with E-state index in [9.17, 15) is 4.79 Å². The fraction of sp³-hybridized carbons (Fsp3) is 0.286. The molecule has 29 heavy (non-hydrogen) atoms. The molecule has 0 N–H and O–H groups in total. The van der Waals surface area contributed by atoms with Gasteiger partial charge < -0.3 is 14.7 Å². The van der Waals surface area contributed by atoms with Crippen molar-refractivity contribution in [3.8, 4) is 0 Å². The smallest absolute Gasteiger partial charge is 0.272 e. The number of piperazine rings is 1. The zero-order valence-corrected chi connectivity index (χ0v) is 16.3. The fourth-order valence-corrected chi connectivity index (χ4v) is 3.34. The molecule has 1 aromatic carbocycles. The van der Waals surface area contributed by atoms with Gasteiger partial charge in [-0.2, -0.15) is 0 Å². The molecule has 2 aromatic heterocycles. The van der Waals surface area contributed by atoms with Crippen LogP contribution in [0.5, 0.6) is 0 Å². The van der Waals surface area contributed by atoms with Crippen LogP contribution in [0, 0.1) is 0 Å². The van der Waals surface area contributed by atoms with Gasteiger partial charge in [0.05, 0.1) is 0 Å². The van der Waals surface area contributed by atoms with E-state index in [2.05, 4.69) is 37.0 Å². The number of rotatable bonds is 5. The quantitative estimate of drug-likeness (QED) is 0.659. The molecule has 8 nitrogen and oxygen atoms in total. The van der Waals surface area contributed by atoms with Gasteiger partial charge in [-0.25, -0.2) is 19.9 Å². The van der Waals surface area contributed by atoms with E-state index in [1.54, 1.807) is 24.5 Å². The summed E-state index contributed by atoms with van der Waals surface area (Å²) in [5.41, 5.74) is 1.60. The minimum Gasteiger partial charge on any atom is -0.355 e. The molecule has 4 rings (SSSR count).